The highest BCUT2D eigenvalue weighted by Crippen LogP contribution is 2.26. The van der Waals surface area contributed by atoms with Gasteiger partial charge in [-0.3, -0.25) is 4.79 Å². The van der Waals surface area contributed by atoms with Crippen molar-refractivity contribution < 1.29 is 9.53 Å². The second-order valence-electron chi connectivity index (χ2n) is 6.67. The summed E-state index contributed by atoms with van der Waals surface area (Å²) < 4.78 is 5.32. The molecular formula is C19H31N5O2. The molecule has 1 aliphatic rings. The van der Waals surface area contributed by atoms with E-state index in [0.29, 0.717) is 11.9 Å². The maximum atomic E-state index is 11.7. The van der Waals surface area contributed by atoms with Crippen molar-refractivity contribution in [3.8, 4) is 5.75 Å². The monoisotopic (exact) mass is 361 g/mol. The van der Waals surface area contributed by atoms with Crippen LogP contribution in [0.15, 0.2) is 29.3 Å². The molecule has 2 N–H and O–H groups in total. The van der Waals surface area contributed by atoms with Gasteiger partial charge in [0.15, 0.2) is 5.96 Å². The Kier molecular flexibility index (Phi) is 7.56. The van der Waals surface area contributed by atoms with E-state index in [1.165, 1.54) is 5.69 Å². The molecule has 7 nitrogen and oxygen atoms in total. The number of benzene rings is 1. The second-order valence-corrected chi connectivity index (χ2v) is 6.67. The summed E-state index contributed by atoms with van der Waals surface area (Å²) in [5, 5.41) is 6.57. The van der Waals surface area contributed by atoms with E-state index >= 15 is 0 Å². The first-order valence-corrected chi connectivity index (χ1v) is 9.14. The average Bonchev–Trinajstić information content (AvgIpc) is 3.12. The first kappa shape index (κ1) is 19.9. The fourth-order valence-electron chi connectivity index (χ4n) is 2.91. The Labute approximate surface area is 156 Å². The SMILES string of the molecule is CCNC(=NCC(=O)N(C)C)NCC1CCN(c2cccc(OC)c2)C1. The Morgan fingerprint density at radius 2 is 2.19 bits per heavy atom. The molecule has 1 amide bonds. The van der Waals surface area contributed by atoms with E-state index in [1.807, 2.05) is 19.1 Å². The fourth-order valence-corrected chi connectivity index (χ4v) is 2.91. The standard InChI is InChI=1S/C19H31N5O2/c1-5-20-19(22-13-18(25)23(2)3)21-12-15-9-10-24(14-15)16-7-6-8-17(11-16)26-4/h6-8,11,15H,5,9-10,12-14H2,1-4H3,(H2,20,21,22). The zero-order chi connectivity index (χ0) is 18.9. The van der Waals surface area contributed by atoms with Crippen LogP contribution in [0.5, 0.6) is 5.75 Å². The molecule has 2 rings (SSSR count). The maximum absolute atomic E-state index is 11.7. The minimum Gasteiger partial charge on any atom is -0.497 e. The van der Waals surface area contributed by atoms with Crippen molar-refractivity contribution in [3.05, 3.63) is 24.3 Å². The fraction of sp³-hybridized carbons (Fsp3) is 0.579. The number of ether oxygens (including phenoxy) is 1. The number of carbonyl (C=O) groups is 1. The number of methoxy groups -OCH3 is 1. The predicted molar refractivity (Wildman–Crippen MR) is 106 cm³/mol. The molecule has 1 aliphatic heterocycles. The van der Waals surface area contributed by atoms with E-state index in [9.17, 15) is 4.79 Å². The summed E-state index contributed by atoms with van der Waals surface area (Å²) in [6, 6.07) is 8.19. The number of likely N-dealkylation sites (N-methyl/N-ethyl adjacent to an activating group) is 1. The lowest BCUT2D eigenvalue weighted by molar-refractivity contribution is -0.127. The molecule has 7 heteroatoms. The Morgan fingerprint density at radius 3 is 2.88 bits per heavy atom. The first-order valence-electron chi connectivity index (χ1n) is 9.14. The van der Waals surface area contributed by atoms with Crippen LogP contribution in [0.3, 0.4) is 0 Å². The van der Waals surface area contributed by atoms with Crippen LogP contribution < -0.4 is 20.3 Å². The van der Waals surface area contributed by atoms with Crippen LogP contribution in [0.4, 0.5) is 5.69 Å². The number of guanidine groups is 1. The Hall–Kier alpha value is -2.44. The third kappa shape index (κ3) is 5.82. The van der Waals surface area contributed by atoms with Gasteiger partial charge in [0.1, 0.15) is 12.3 Å². The summed E-state index contributed by atoms with van der Waals surface area (Å²) >= 11 is 0. The van der Waals surface area contributed by atoms with E-state index in [1.54, 1.807) is 26.1 Å². The van der Waals surface area contributed by atoms with Crippen LogP contribution in [-0.2, 0) is 4.79 Å². The number of anilines is 1. The van der Waals surface area contributed by atoms with Crippen LogP contribution in [0.25, 0.3) is 0 Å². The third-order valence-corrected chi connectivity index (χ3v) is 4.48. The molecule has 1 fully saturated rings. The molecular weight excluding hydrogens is 330 g/mol. The van der Waals surface area contributed by atoms with Gasteiger partial charge in [-0.2, -0.15) is 0 Å². The number of nitrogens with one attached hydrogen (secondary N) is 2. The van der Waals surface area contributed by atoms with Crippen molar-refractivity contribution >= 4 is 17.6 Å². The summed E-state index contributed by atoms with van der Waals surface area (Å²) in [7, 11) is 5.17. The topological polar surface area (TPSA) is 69.2 Å². The van der Waals surface area contributed by atoms with E-state index in [4.69, 9.17) is 4.74 Å². The third-order valence-electron chi connectivity index (χ3n) is 4.48. The number of hydrogen-bond donors (Lipinski definition) is 2. The van der Waals surface area contributed by atoms with Crippen LogP contribution in [-0.4, -0.2) is 70.7 Å². The van der Waals surface area contributed by atoms with Gasteiger partial charge in [-0.05, 0) is 31.4 Å². The van der Waals surface area contributed by atoms with E-state index in [-0.39, 0.29) is 12.5 Å². The van der Waals surface area contributed by atoms with Gasteiger partial charge >= 0.3 is 0 Å². The first-order chi connectivity index (χ1) is 12.5. The minimum atomic E-state index is -0.00716. The van der Waals surface area contributed by atoms with Gasteiger partial charge in [0, 0.05) is 52.0 Å². The van der Waals surface area contributed by atoms with Crippen molar-refractivity contribution in [1.82, 2.24) is 15.5 Å². The molecule has 0 aliphatic carbocycles. The zero-order valence-electron chi connectivity index (χ0n) is 16.3. The van der Waals surface area contributed by atoms with Crippen molar-refractivity contribution in [3.63, 3.8) is 0 Å². The average molecular weight is 361 g/mol. The summed E-state index contributed by atoms with van der Waals surface area (Å²) in [6.45, 7) is 5.81. The highest BCUT2D eigenvalue weighted by atomic mass is 16.5. The molecule has 0 aromatic heterocycles. The highest BCUT2D eigenvalue weighted by Gasteiger charge is 2.23. The Balaban J connectivity index is 1.86. The summed E-state index contributed by atoms with van der Waals surface area (Å²) in [6.07, 6.45) is 1.13. The smallest absolute Gasteiger partial charge is 0.243 e. The molecule has 0 bridgehead atoms. The van der Waals surface area contributed by atoms with Gasteiger partial charge in [-0.15, -0.1) is 0 Å². The molecule has 0 spiro atoms. The zero-order valence-corrected chi connectivity index (χ0v) is 16.3. The molecule has 1 heterocycles. The van der Waals surface area contributed by atoms with Gasteiger partial charge < -0.3 is 25.2 Å². The van der Waals surface area contributed by atoms with E-state index in [0.717, 1.165) is 38.3 Å². The van der Waals surface area contributed by atoms with Gasteiger partial charge in [0.05, 0.1) is 7.11 Å². The summed E-state index contributed by atoms with van der Waals surface area (Å²) in [5.74, 6) is 2.11. The second kappa shape index (κ2) is 9.89. The Bertz CT molecular complexity index is 618. The number of carbonyl (C=O) groups excluding carboxylic acids is 1. The summed E-state index contributed by atoms with van der Waals surface area (Å²) in [5.41, 5.74) is 1.20. The van der Waals surface area contributed by atoms with E-state index in [2.05, 4.69) is 32.7 Å². The van der Waals surface area contributed by atoms with Gasteiger partial charge in [-0.1, -0.05) is 6.07 Å². The highest BCUT2D eigenvalue weighted by molar-refractivity contribution is 5.84. The number of aliphatic imine (C=N–C) groups is 1. The van der Waals surface area contributed by atoms with Gasteiger partial charge in [0.2, 0.25) is 5.91 Å². The molecule has 26 heavy (non-hydrogen) atoms. The van der Waals surface area contributed by atoms with Crippen molar-refractivity contribution in [1.29, 1.82) is 0 Å². The van der Waals surface area contributed by atoms with Crippen LogP contribution in [0.2, 0.25) is 0 Å². The van der Waals surface area contributed by atoms with Crippen molar-refractivity contribution in [2.24, 2.45) is 10.9 Å². The number of nitrogens with zero attached hydrogens (tertiary/aromatic N) is 3. The molecule has 1 aromatic carbocycles. The molecule has 0 saturated carbocycles. The number of hydrogen-bond acceptors (Lipinski definition) is 4. The Morgan fingerprint density at radius 1 is 1.38 bits per heavy atom. The van der Waals surface area contributed by atoms with Crippen LogP contribution in [0, 0.1) is 5.92 Å². The maximum Gasteiger partial charge on any atom is 0.243 e. The largest absolute Gasteiger partial charge is 0.497 e. The number of amides is 1. The number of rotatable bonds is 7. The van der Waals surface area contributed by atoms with E-state index < -0.39 is 0 Å². The van der Waals surface area contributed by atoms with Gasteiger partial charge in [0.25, 0.3) is 0 Å². The normalized spacial score (nSPS) is 17.2. The molecule has 1 aromatic rings. The molecule has 1 unspecified atom stereocenters. The van der Waals surface area contributed by atoms with Crippen molar-refractivity contribution in [2.45, 2.75) is 13.3 Å². The lowest BCUT2D eigenvalue weighted by Gasteiger charge is -2.20. The lowest BCUT2D eigenvalue weighted by atomic mass is 10.1. The molecule has 1 saturated heterocycles. The quantitative estimate of drug-likeness (QED) is 0.564. The molecule has 144 valence electrons. The predicted octanol–water partition coefficient (Wildman–Crippen LogP) is 1.16. The molecule has 1 atom stereocenters. The van der Waals surface area contributed by atoms with Gasteiger partial charge in [-0.25, -0.2) is 4.99 Å². The summed E-state index contributed by atoms with van der Waals surface area (Å²) in [4.78, 5) is 20.0. The van der Waals surface area contributed by atoms with Crippen LogP contribution >= 0.6 is 0 Å². The lowest BCUT2D eigenvalue weighted by Crippen LogP contribution is -2.41. The van der Waals surface area contributed by atoms with Crippen molar-refractivity contribution in [2.75, 3.05) is 58.8 Å². The minimum absolute atomic E-state index is 0.00716. The molecule has 0 radical (unpaired) electrons. The van der Waals surface area contributed by atoms with Crippen LogP contribution in [0.1, 0.15) is 13.3 Å².